The molecule has 60 valence electrons. The molecular formula is C6H11ClO2S. The number of sulfone groups is 1. The van der Waals surface area contributed by atoms with Gasteiger partial charge in [0.1, 0.15) is 0 Å². The van der Waals surface area contributed by atoms with Crippen molar-refractivity contribution in [1.29, 1.82) is 0 Å². The molecular weight excluding hydrogens is 172 g/mol. The van der Waals surface area contributed by atoms with Crippen molar-refractivity contribution in [3.63, 3.8) is 0 Å². The summed E-state index contributed by atoms with van der Waals surface area (Å²) in [5, 5.41) is 1.01. The fourth-order valence-corrected chi connectivity index (χ4v) is 1.22. The van der Waals surface area contributed by atoms with Gasteiger partial charge in [-0.25, -0.2) is 8.42 Å². The van der Waals surface area contributed by atoms with Crippen LogP contribution in [0, 0.1) is 0 Å². The second-order valence-electron chi connectivity index (χ2n) is 2.92. The van der Waals surface area contributed by atoms with Crippen molar-refractivity contribution in [1.82, 2.24) is 0 Å². The maximum absolute atomic E-state index is 11.1. The molecule has 2 nitrogen and oxygen atoms in total. The van der Waals surface area contributed by atoms with Gasteiger partial charge in [0.15, 0.2) is 9.84 Å². The van der Waals surface area contributed by atoms with Crippen LogP contribution in [0.4, 0.5) is 0 Å². The molecule has 0 aromatic rings. The number of hydrogen-bond acceptors (Lipinski definition) is 2. The molecule has 0 saturated heterocycles. The van der Waals surface area contributed by atoms with E-state index in [2.05, 4.69) is 0 Å². The summed E-state index contributed by atoms with van der Waals surface area (Å²) >= 11 is 5.13. The van der Waals surface area contributed by atoms with Gasteiger partial charge in [-0.3, -0.25) is 0 Å². The average Bonchev–Trinajstić information content (AvgIpc) is 1.61. The summed E-state index contributed by atoms with van der Waals surface area (Å²) in [6.45, 7) is 4.87. The Morgan fingerprint density at radius 2 is 1.70 bits per heavy atom. The second kappa shape index (κ2) is 2.93. The molecule has 4 heteroatoms. The van der Waals surface area contributed by atoms with E-state index in [1.165, 1.54) is 0 Å². The standard InChI is InChI=1S/C6H11ClO2S/c1-6(2,3)10(8,9)5-4-7/h4-5H,1-3H3/b5-4-. The van der Waals surface area contributed by atoms with Gasteiger partial charge in [-0.2, -0.15) is 0 Å². The monoisotopic (exact) mass is 182 g/mol. The number of halogens is 1. The van der Waals surface area contributed by atoms with Gasteiger partial charge < -0.3 is 0 Å². The zero-order chi connectivity index (χ0) is 8.41. The summed E-state index contributed by atoms with van der Waals surface area (Å²) in [5.41, 5.74) is 1.01. The summed E-state index contributed by atoms with van der Waals surface area (Å²) in [6.07, 6.45) is 0. The normalized spacial score (nSPS) is 14.4. The van der Waals surface area contributed by atoms with E-state index in [1.807, 2.05) is 0 Å². The maximum atomic E-state index is 11.1. The first kappa shape index (κ1) is 9.98. The van der Waals surface area contributed by atoms with Crippen molar-refractivity contribution < 1.29 is 8.42 Å². The van der Waals surface area contributed by atoms with Gasteiger partial charge in [0.2, 0.25) is 0 Å². The average molecular weight is 183 g/mol. The van der Waals surface area contributed by atoms with Gasteiger partial charge in [-0.1, -0.05) is 11.6 Å². The minimum absolute atomic E-state index is 0.752. The highest BCUT2D eigenvalue weighted by molar-refractivity contribution is 7.95. The van der Waals surface area contributed by atoms with E-state index in [-0.39, 0.29) is 0 Å². The Bertz CT molecular complexity index is 221. The molecule has 0 aliphatic rings. The van der Waals surface area contributed by atoms with Gasteiger partial charge in [-0.05, 0) is 20.8 Å². The second-order valence-corrected chi connectivity index (χ2v) is 5.76. The van der Waals surface area contributed by atoms with Crippen LogP contribution >= 0.6 is 11.6 Å². The molecule has 0 amide bonds. The Morgan fingerprint density at radius 3 is 1.80 bits per heavy atom. The van der Waals surface area contributed by atoms with Gasteiger partial charge in [0.05, 0.1) is 4.75 Å². The lowest BCUT2D eigenvalue weighted by atomic mass is 10.3. The summed E-state index contributed by atoms with van der Waals surface area (Å²) in [5.74, 6) is 0. The predicted octanol–water partition coefficient (Wildman–Crippen LogP) is 1.91. The molecule has 0 aromatic carbocycles. The predicted molar refractivity (Wildman–Crippen MR) is 43.7 cm³/mol. The highest BCUT2D eigenvalue weighted by Crippen LogP contribution is 2.16. The minimum atomic E-state index is -3.16. The Labute approximate surface area is 66.8 Å². The van der Waals surface area contributed by atoms with Gasteiger partial charge >= 0.3 is 0 Å². The van der Waals surface area contributed by atoms with Crippen LogP contribution in [0.25, 0.3) is 0 Å². The first-order valence-electron chi connectivity index (χ1n) is 2.82. The third-order valence-corrected chi connectivity index (χ3v) is 3.56. The van der Waals surface area contributed by atoms with E-state index in [0.29, 0.717) is 0 Å². The largest absolute Gasteiger partial charge is 0.224 e. The number of rotatable bonds is 1. The molecule has 0 saturated carbocycles. The zero-order valence-electron chi connectivity index (χ0n) is 6.26. The zero-order valence-corrected chi connectivity index (χ0v) is 7.83. The summed E-state index contributed by atoms with van der Waals surface area (Å²) in [6, 6.07) is 0. The van der Waals surface area contributed by atoms with Crippen LogP contribution in [0.5, 0.6) is 0 Å². The van der Waals surface area contributed by atoms with E-state index in [4.69, 9.17) is 11.6 Å². The Hall–Kier alpha value is -0.0200. The fourth-order valence-electron chi connectivity index (χ4n) is 0.272. The molecule has 0 fully saturated rings. The van der Waals surface area contributed by atoms with E-state index in [1.54, 1.807) is 20.8 Å². The van der Waals surface area contributed by atoms with E-state index < -0.39 is 14.6 Å². The molecule has 0 radical (unpaired) electrons. The Kier molecular flexibility index (Phi) is 2.92. The molecule has 0 spiro atoms. The van der Waals surface area contributed by atoms with Crippen molar-refractivity contribution >= 4 is 21.4 Å². The van der Waals surface area contributed by atoms with Crippen LogP contribution in [-0.4, -0.2) is 13.2 Å². The lowest BCUT2D eigenvalue weighted by molar-refractivity contribution is 0.570. The minimum Gasteiger partial charge on any atom is -0.224 e. The molecule has 0 rings (SSSR count). The SMILES string of the molecule is CC(C)(C)S(=O)(=O)/C=C\Cl. The Balaban J connectivity index is 4.78. The van der Waals surface area contributed by atoms with Crippen molar-refractivity contribution in [2.45, 2.75) is 25.5 Å². The molecule has 0 aromatic heterocycles. The number of hydrogen-bond donors (Lipinski definition) is 0. The van der Waals surface area contributed by atoms with Crippen LogP contribution in [0.2, 0.25) is 0 Å². The topological polar surface area (TPSA) is 34.1 Å². The van der Waals surface area contributed by atoms with Crippen LogP contribution in [-0.2, 0) is 9.84 Å². The molecule has 0 N–H and O–H groups in total. The van der Waals surface area contributed by atoms with Crippen molar-refractivity contribution in [2.75, 3.05) is 0 Å². The lowest BCUT2D eigenvalue weighted by Crippen LogP contribution is -2.25. The lowest BCUT2D eigenvalue weighted by Gasteiger charge is -2.14. The van der Waals surface area contributed by atoms with Crippen molar-refractivity contribution in [3.05, 3.63) is 10.9 Å². The van der Waals surface area contributed by atoms with E-state index in [0.717, 1.165) is 10.9 Å². The smallest absolute Gasteiger partial charge is 0.177 e. The van der Waals surface area contributed by atoms with Crippen LogP contribution < -0.4 is 0 Å². The van der Waals surface area contributed by atoms with Gasteiger partial charge in [0, 0.05) is 10.9 Å². The molecule has 0 aliphatic carbocycles. The van der Waals surface area contributed by atoms with Crippen LogP contribution in [0.3, 0.4) is 0 Å². The highest BCUT2D eigenvalue weighted by Gasteiger charge is 2.25. The molecule has 0 unspecified atom stereocenters. The summed E-state index contributed by atoms with van der Waals surface area (Å²) < 4.78 is 21.4. The maximum Gasteiger partial charge on any atom is 0.177 e. The Morgan fingerprint density at radius 1 is 1.30 bits per heavy atom. The summed E-state index contributed by atoms with van der Waals surface area (Å²) in [4.78, 5) is 0. The molecule has 0 heterocycles. The van der Waals surface area contributed by atoms with E-state index in [9.17, 15) is 8.42 Å². The first-order chi connectivity index (χ1) is 4.31. The third-order valence-electron chi connectivity index (χ3n) is 1.08. The van der Waals surface area contributed by atoms with Crippen molar-refractivity contribution in [2.24, 2.45) is 0 Å². The molecule has 0 bridgehead atoms. The fraction of sp³-hybridized carbons (Fsp3) is 0.667. The molecule has 0 atom stereocenters. The van der Waals surface area contributed by atoms with Crippen LogP contribution in [0.1, 0.15) is 20.8 Å². The highest BCUT2D eigenvalue weighted by atomic mass is 35.5. The van der Waals surface area contributed by atoms with E-state index >= 15 is 0 Å². The molecule has 10 heavy (non-hydrogen) atoms. The summed E-state index contributed by atoms with van der Waals surface area (Å²) in [7, 11) is -3.16. The first-order valence-corrected chi connectivity index (χ1v) is 4.81. The molecule has 0 aliphatic heterocycles. The van der Waals surface area contributed by atoms with Crippen LogP contribution in [0.15, 0.2) is 10.9 Å². The quantitative estimate of drug-likeness (QED) is 0.621. The van der Waals surface area contributed by atoms with Crippen molar-refractivity contribution in [3.8, 4) is 0 Å². The third kappa shape index (κ3) is 2.31. The van der Waals surface area contributed by atoms with Gasteiger partial charge in [0.25, 0.3) is 0 Å². The van der Waals surface area contributed by atoms with Gasteiger partial charge in [-0.15, -0.1) is 0 Å².